The van der Waals surface area contributed by atoms with E-state index in [1.165, 1.54) is 0 Å². The quantitative estimate of drug-likeness (QED) is 0.411. The fraction of sp³-hybridized carbons (Fsp3) is 0.923. The molecule has 0 fully saturated rings. The molecule has 2 N–H and O–H groups in total. The monoisotopic (exact) mass is 370 g/mol. The molecule has 0 aliphatic heterocycles. The summed E-state index contributed by atoms with van der Waals surface area (Å²) >= 11 is 0. The first-order chi connectivity index (χ1) is 8.02. The lowest BCUT2D eigenvalue weighted by Crippen LogP contribution is -2.40. The first-order valence-electron chi connectivity index (χ1n) is 6.80. The van der Waals surface area contributed by atoms with Gasteiger partial charge in [-0.25, -0.2) is 0 Å². The Morgan fingerprint density at radius 1 is 1.00 bits per heavy atom. The van der Waals surface area contributed by atoms with Crippen molar-refractivity contribution in [2.24, 2.45) is 4.99 Å². The van der Waals surface area contributed by atoms with Crippen molar-refractivity contribution in [3.8, 4) is 0 Å². The van der Waals surface area contributed by atoms with Gasteiger partial charge in [-0.1, -0.05) is 0 Å². The van der Waals surface area contributed by atoms with E-state index in [4.69, 9.17) is 0 Å². The molecule has 0 bridgehead atoms. The predicted octanol–water partition coefficient (Wildman–Crippen LogP) is 2.30. The summed E-state index contributed by atoms with van der Waals surface area (Å²) in [5.41, 5.74) is 0. The molecule has 0 atom stereocenters. The summed E-state index contributed by atoms with van der Waals surface area (Å²) in [7, 11) is 0. The van der Waals surface area contributed by atoms with E-state index in [0.717, 1.165) is 32.1 Å². The highest BCUT2D eigenvalue weighted by atomic mass is 127. The summed E-state index contributed by atoms with van der Waals surface area (Å²) in [5.74, 6) is 0.919. The van der Waals surface area contributed by atoms with Crippen LogP contribution in [0.4, 0.5) is 0 Å². The minimum Gasteiger partial charge on any atom is -0.357 e. The molecule has 0 spiro atoms. The number of halogens is 1. The molecule has 18 heavy (non-hydrogen) atoms. The van der Waals surface area contributed by atoms with Gasteiger partial charge in [0.15, 0.2) is 5.96 Å². The fourth-order valence-corrected chi connectivity index (χ4v) is 1.90. The van der Waals surface area contributed by atoms with Crippen LogP contribution in [0.1, 0.15) is 41.5 Å². The van der Waals surface area contributed by atoms with Gasteiger partial charge in [-0.2, -0.15) is 0 Å². The second-order valence-corrected chi connectivity index (χ2v) is 4.72. The van der Waals surface area contributed by atoms with Gasteiger partial charge in [-0.15, -0.1) is 24.0 Å². The maximum Gasteiger partial charge on any atom is 0.191 e. The zero-order valence-electron chi connectivity index (χ0n) is 12.8. The van der Waals surface area contributed by atoms with E-state index < -0.39 is 0 Å². The first kappa shape index (κ1) is 20.3. The molecule has 0 amide bonds. The number of nitrogens with zero attached hydrogens (tertiary/aromatic N) is 2. The SMILES string of the molecule is CCNC(=NCCN(C(C)C)C(C)C)NCC.I. The van der Waals surface area contributed by atoms with Crippen LogP contribution in [0, 0.1) is 0 Å². The number of aliphatic imine (C=N–C) groups is 1. The van der Waals surface area contributed by atoms with E-state index in [2.05, 4.69) is 62.1 Å². The van der Waals surface area contributed by atoms with Gasteiger partial charge in [-0.3, -0.25) is 9.89 Å². The van der Waals surface area contributed by atoms with Crippen molar-refractivity contribution in [1.82, 2.24) is 15.5 Å². The number of nitrogens with one attached hydrogen (secondary N) is 2. The third-order valence-corrected chi connectivity index (χ3v) is 2.64. The van der Waals surface area contributed by atoms with Gasteiger partial charge in [0.05, 0.1) is 6.54 Å². The second-order valence-electron chi connectivity index (χ2n) is 4.72. The largest absolute Gasteiger partial charge is 0.357 e. The minimum atomic E-state index is 0. The van der Waals surface area contributed by atoms with Gasteiger partial charge < -0.3 is 10.6 Å². The Bertz CT molecular complexity index is 201. The third-order valence-electron chi connectivity index (χ3n) is 2.64. The Balaban J connectivity index is 0. The topological polar surface area (TPSA) is 39.7 Å². The normalized spacial score (nSPS) is 10.5. The Kier molecular flexibility index (Phi) is 13.5. The second kappa shape index (κ2) is 12.0. The zero-order chi connectivity index (χ0) is 13.3. The summed E-state index contributed by atoms with van der Waals surface area (Å²) in [6.07, 6.45) is 0. The molecule has 0 unspecified atom stereocenters. The van der Waals surface area contributed by atoms with Gasteiger partial charge in [0, 0.05) is 31.7 Å². The summed E-state index contributed by atoms with van der Waals surface area (Å²) < 4.78 is 0. The standard InChI is InChI=1S/C13H30N4.HI/c1-7-14-13(15-8-2)16-9-10-17(11(3)4)12(5)6;/h11-12H,7-10H2,1-6H3,(H2,14,15,16);1H. The Hall–Kier alpha value is -0.0400. The number of hydrogen-bond acceptors (Lipinski definition) is 2. The molecular formula is C13H31IN4. The average molecular weight is 370 g/mol. The van der Waals surface area contributed by atoms with Crippen molar-refractivity contribution >= 4 is 29.9 Å². The van der Waals surface area contributed by atoms with Gasteiger partial charge in [0.25, 0.3) is 0 Å². The molecule has 5 heteroatoms. The molecule has 110 valence electrons. The van der Waals surface area contributed by atoms with Crippen LogP contribution < -0.4 is 10.6 Å². The fourth-order valence-electron chi connectivity index (χ4n) is 1.90. The van der Waals surface area contributed by atoms with Crippen LogP contribution in [0.5, 0.6) is 0 Å². The van der Waals surface area contributed by atoms with Crippen LogP contribution in [-0.4, -0.2) is 49.1 Å². The molecule has 0 saturated heterocycles. The van der Waals surface area contributed by atoms with Crippen LogP contribution >= 0.6 is 24.0 Å². The third kappa shape index (κ3) is 8.97. The van der Waals surface area contributed by atoms with E-state index in [9.17, 15) is 0 Å². The molecule has 0 aliphatic carbocycles. The molecule has 4 nitrogen and oxygen atoms in total. The molecular weight excluding hydrogens is 339 g/mol. The van der Waals surface area contributed by atoms with Crippen LogP contribution in [-0.2, 0) is 0 Å². The lowest BCUT2D eigenvalue weighted by molar-refractivity contribution is 0.181. The smallest absolute Gasteiger partial charge is 0.191 e. The highest BCUT2D eigenvalue weighted by Crippen LogP contribution is 2.03. The minimum absolute atomic E-state index is 0. The van der Waals surface area contributed by atoms with Crippen molar-refractivity contribution < 1.29 is 0 Å². The van der Waals surface area contributed by atoms with Gasteiger partial charge in [0.1, 0.15) is 0 Å². The summed E-state index contributed by atoms with van der Waals surface area (Å²) in [5, 5.41) is 6.47. The van der Waals surface area contributed by atoms with Crippen LogP contribution in [0.15, 0.2) is 4.99 Å². The van der Waals surface area contributed by atoms with E-state index in [1.54, 1.807) is 0 Å². The molecule has 0 radical (unpaired) electrons. The van der Waals surface area contributed by atoms with Crippen molar-refractivity contribution in [3.05, 3.63) is 0 Å². The van der Waals surface area contributed by atoms with Crippen molar-refractivity contribution in [2.75, 3.05) is 26.2 Å². The number of hydrogen-bond donors (Lipinski definition) is 2. The van der Waals surface area contributed by atoms with Crippen molar-refractivity contribution in [3.63, 3.8) is 0 Å². The van der Waals surface area contributed by atoms with Crippen molar-refractivity contribution in [1.29, 1.82) is 0 Å². The molecule has 0 rings (SSSR count). The number of rotatable bonds is 7. The zero-order valence-corrected chi connectivity index (χ0v) is 15.1. The van der Waals surface area contributed by atoms with E-state index in [-0.39, 0.29) is 24.0 Å². The lowest BCUT2D eigenvalue weighted by atomic mass is 10.2. The summed E-state index contributed by atoms with van der Waals surface area (Å²) in [6, 6.07) is 1.15. The van der Waals surface area contributed by atoms with E-state index in [0.29, 0.717) is 12.1 Å². The van der Waals surface area contributed by atoms with Gasteiger partial charge in [-0.05, 0) is 41.5 Å². The van der Waals surface area contributed by atoms with Crippen LogP contribution in [0.2, 0.25) is 0 Å². The summed E-state index contributed by atoms with van der Waals surface area (Å²) in [6.45, 7) is 16.8. The van der Waals surface area contributed by atoms with E-state index in [1.807, 2.05) is 0 Å². The lowest BCUT2D eigenvalue weighted by Gasteiger charge is -2.29. The summed E-state index contributed by atoms with van der Waals surface area (Å²) in [4.78, 5) is 7.02. The van der Waals surface area contributed by atoms with Crippen molar-refractivity contribution in [2.45, 2.75) is 53.6 Å². The Morgan fingerprint density at radius 2 is 1.44 bits per heavy atom. The molecule has 0 aromatic carbocycles. The van der Waals surface area contributed by atoms with Crippen LogP contribution in [0.25, 0.3) is 0 Å². The molecule has 0 aliphatic rings. The molecule has 0 aromatic heterocycles. The van der Waals surface area contributed by atoms with Crippen LogP contribution in [0.3, 0.4) is 0 Å². The molecule has 0 saturated carbocycles. The Labute approximate surface area is 130 Å². The predicted molar refractivity (Wildman–Crippen MR) is 92.0 cm³/mol. The maximum atomic E-state index is 4.56. The average Bonchev–Trinajstić information content (AvgIpc) is 2.23. The number of guanidine groups is 1. The van der Waals surface area contributed by atoms with Gasteiger partial charge >= 0.3 is 0 Å². The van der Waals surface area contributed by atoms with Gasteiger partial charge in [0.2, 0.25) is 0 Å². The first-order valence-corrected chi connectivity index (χ1v) is 6.80. The molecule has 0 aromatic rings. The highest BCUT2D eigenvalue weighted by molar-refractivity contribution is 14.0. The maximum absolute atomic E-state index is 4.56. The Morgan fingerprint density at radius 3 is 1.78 bits per heavy atom. The highest BCUT2D eigenvalue weighted by Gasteiger charge is 2.12. The van der Waals surface area contributed by atoms with E-state index >= 15 is 0 Å². The molecule has 0 heterocycles.